The van der Waals surface area contributed by atoms with E-state index in [1.807, 2.05) is 6.92 Å². The van der Waals surface area contributed by atoms with Crippen LogP contribution in [0.5, 0.6) is 0 Å². The van der Waals surface area contributed by atoms with Crippen molar-refractivity contribution in [1.82, 2.24) is 0 Å². The van der Waals surface area contributed by atoms with Gasteiger partial charge in [-0.1, -0.05) is 83.4 Å². The van der Waals surface area contributed by atoms with E-state index in [9.17, 15) is 14.4 Å². The Balaban J connectivity index is 2.58. The Morgan fingerprint density at radius 2 is 1.22 bits per heavy atom. The molecule has 0 saturated heterocycles. The highest BCUT2D eigenvalue weighted by molar-refractivity contribution is 6.15. The van der Waals surface area contributed by atoms with Gasteiger partial charge in [-0.15, -0.1) is 0 Å². The molecule has 27 heavy (non-hydrogen) atoms. The summed E-state index contributed by atoms with van der Waals surface area (Å²) in [6.07, 6.45) is 12.3. The molecule has 1 aromatic carbocycles. The lowest BCUT2D eigenvalue weighted by Gasteiger charge is -2.11. The minimum atomic E-state index is -0.160. The molecule has 0 N–H and O–H groups in total. The lowest BCUT2D eigenvalue weighted by molar-refractivity contribution is 0.0940. The molecule has 0 aliphatic rings. The maximum absolute atomic E-state index is 12.7. The molecular weight excluding hydrogens is 336 g/mol. The third kappa shape index (κ3) is 8.19. The summed E-state index contributed by atoms with van der Waals surface area (Å²) in [4.78, 5) is 37.1. The number of hydrogen-bond donors (Lipinski definition) is 0. The molecule has 0 aromatic heterocycles. The number of ketones is 3. The Bertz CT molecular complexity index is 616. The Labute approximate surface area is 164 Å². The van der Waals surface area contributed by atoms with E-state index in [-0.39, 0.29) is 17.3 Å². The van der Waals surface area contributed by atoms with Crippen molar-refractivity contribution in [3.05, 3.63) is 34.9 Å². The van der Waals surface area contributed by atoms with Crippen LogP contribution in [-0.2, 0) is 0 Å². The average molecular weight is 373 g/mol. The van der Waals surface area contributed by atoms with Crippen LogP contribution in [0.15, 0.2) is 18.2 Å². The lowest BCUT2D eigenvalue weighted by Crippen LogP contribution is -2.14. The fourth-order valence-electron chi connectivity index (χ4n) is 3.46. The molecule has 3 nitrogen and oxygen atoms in total. The standard InChI is InChI=1S/C24H36O3/c1-4-6-7-8-9-10-11-12-13-18-22(26)21-17-14-16-20(19(3)25)24(21)23(27)15-5-2/h14,16-17H,4-13,15,18H2,1-3H3. The molecule has 0 spiro atoms. The van der Waals surface area contributed by atoms with Crippen LogP contribution in [-0.4, -0.2) is 17.3 Å². The van der Waals surface area contributed by atoms with Gasteiger partial charge in [-0.25, -0.2) is 0 Å². The molecule has 1 aromatic rings. The van der Waals surface area contributed by atoms with Crippen LogP contribution in [0.1, 0.15) is 129 Å². The molecule has 0 heterocycles. The van der Waals surface area contributed by atoms with E-state index in [4.69, 9.17) is 0 Å². The van der Waals surface area contributed by atoms with Crippen molar-refractivity contribution in [1.29, 1.82) is 0 Å². The minimum Gasteiger partial charge on any atom is -0.294 e. The van der Waals surface area contributed by atoms with Crippen molar-refractivity contribution in [2.75, 3.05) is 0 Å². The van der Waals surface area contributed by atoms with Gasteiger partial charge in [0, 0.05) is 29.5 Å². The summed E-state index contributed by atoms with van der Waals surface area (Å²) in [5.74, 6) is -0.272. The molecule has 0 atom stereocenters. The van der Waals surface area contributed by atoms with Crippen molar-refractivity contribution in [2.24, 2.45) is 0 Å². The number of rotatable bonds is 15. The third-order valence-electron chi connectivity index (χ3n) is 5.01. The molecule has 1 rings (SSSR count). The highest BCUT2D eigenvalue weighted by atomic mass is 16.1. The van der Waals surface area contributed by atoms with Gasteiger partial charge in [0.25, 0.3) is 0 Å². The number of hydrogen-bond acceptors (Lipinski definition) is 3. The molecule has 0 aliphatic carbocycles. The molecule has 150 valence electrons. The first-order chi connectivity index (χ1) is 13.0. The summed E-state index contributed by atoms with van der Waals surface area (Å²) < 4.78 is 0. The van der Waals surface area contributed by atoms with E-state index in [2.05, 4.69) is 6.92 Å². The van der Waals surface area contributed by atoms with Crippen molar-refractivity contribution in [2.45, 2.75) is 97.8 Å². The molecule has 3 heteroatoms. The summed E-state index contributed by atoms with van der Waals surface area (Å²) in [5, 5.41) is 0. The van der Waals surface area contributed by atoms with Gasteiger partial charge in [-0.3, -0.25) is 14.4 Å². The quantitative estimate of drug-likeness (QED) is 0.246. The second-order valence-corrected chi connectivity index (χ2v) is 7.46. The maximum atomic E-state index is 12.7. The zero-order chi connectivity index (χ0) is 20.1. The van der Waals surface area contributed by atoms with Crippen molar-refractivity contribution in [3.8, 4) is 0 Å². The number of unbranched alkanes of at least 4 members (excludes halogenated alkanes) is 8. The fraction of sp³-hybridized carbons (Fsp3) is 0.625. The van der Waals surface area contributed by atoms with Gasteiger partial charge in [-0.05, 0) is 19.8 Å². The number of carbonyl (C=O) groups excluding carboxylic acids is 3. The molecule has 0 bridgehead atoms. The van der Waals surface area contributed by atoms with Gasteiger partial charge < -0.3 is 0 Å². The molecule has 0 saturated carbocycles. The molecule has 0 aliphatic heterocycles. The van der Waals surface area contributed by atoms with E-state index >= 15 is 0 Å². The van der Waals surface area contributed by atoms with Crippen LogP contribution < -0.4 is 0 Å². The highest BCUT2D eigenvalue weighted by Gasteiger charge is 2.21. The normalized spacial score (nSPS) is 10.8. The van der Waals surface area contributed by atoms with Crippen LogP contribution in [0.3, 0.4) is 0 Å². The minimum absolute atomic E-state index is 0.0134. The predicted molar refractivity (Wildman–Crippen MR) is 112 cm³/mol. The summed E-state index contributed by atoms with van der Waals surface area (Å²) in [6, 6.07) is 5.06. The van der Waals surface area contributed by atoms with Gasteiger partial charge in [0.15, 0.2) is 17.3 Å². The van der Waals surface area contributed by atoms with E-state index in [1.165, 1.54) is 45.4 Å². The summed E-state index contributed by atoms with van der Waals surface area (Å²) >= 11 is 0. The van der Waals surface area contributed by atoms with Crippen LogP contribution in [0, 0.1) is 0 Å². The van der Waals surface area contributed by atoms with Crippen molar-refractivity contribution >= 4 is 17.3 Å². The van der Waals surface area contributed by atoms with Crippen LogP contribution in [0.2, 0.25) is 0 Å². The lowest BCUT2D eigenvalue weighted by atomic mass is 9.90. The first-order valence-corrected chi connectivity index (χ1v) is 10.7. The molecule has 0 fully saturated rings. The third-order valence-corrected chi connectivity index (χ3v) is 5.01. The smallest absolute Gasteiger partial charge is 0.164 e. The second-order valence-electron chi connectivity index (χ2n) is 7.46. The zero-order valence-corrected chi connectivity index (χ0v) is 17.4. The number of carbonyl (C=O) groups is 3. The monoisotopic (exact) mass is 372 g/mol. The zero-order valence-electron chi connectivity index (χ0n) is 17.4. The number of Topliss-reactive ketones (excluding diaryl/α,β-unsaturated/α-hetero) is 3. The number of benzene rings is 1. The van der Waals surface area contributed by atoms with E-state index in [1.54, 1.807) is 18.2 Å². The first kappa shape index (κ1) is 23.3. The van der Waals surface area contributed by atoms with E-state index < -0.39 is 0 Å². The van der Waals surface area contributed by atoms with Gasteiger partial charge in [0.2, 0.25) is 0 Å². The molecule has 0 radical (unpaired) electrons. The SMILES string of the molecule is CCCCCCCCCCCC(=O)c1cccc(C(C)=O)c1C(=O)CCC. The fourth-order valence-corrected chi connectivity index (χ4v) is 3.46. The second kappa shape index (κ2) is 13.4. The Morgan fingerprint density at radius 3 is 1.78 bits per heavy atom. The summed E-state index contributed by atoms with van der Waals surface area (Å²) in [6.45, 7) is 5.61. The van der Waals surface area contributed by atoms with Crippen LogP contribution in [0.4, 0.5) is 0 Å². The van der Waals surface area contributed by atoms with E-state index in [0.29, 0.717) is 36.0 Å². The Morgan fingerprint density at radius 1 is 0.667 bits per heavy atom. The van der Waals surface area contributed by atoms with Crippen molar-refractivity contribution < 1.29 is 14.4 Å². The van der Waals surface area contributed by atoms with Crippen LogP contribution >= 0.6 is 0 Å². The summed E-state index contributed by atoms with van der Waals surface area (Å²) in [7, 11) is 0. The van der Waals surface area contributed by atoms with Crippen LogP contribution in [0.25, 0.3) is 0 Å². The van der Waals surface area contributed by atoms with Gasteiger partial charge in [0.1, 0.15) is 0 Å². The predicted octanol–water partition coefficient (Wildman–Crippen LogP) is 6.98. The molecule has 0 unspecified atom stereocenters. The molecular formula is C24H36O3. The van der Waals surface area contributed by atoms with Crippen molar-refractivity contribution in [3.63, 3.8) is 0 Å². The van der Waals surface area contributed by atoms with Gasteiger partial charge in [0.05, 0.1) is 0 Å². The largest absolute Gasteiger partial charge is 0.294 e. The Kier molecular flexibility index (Phi) is 11.6. The topological polar surface area (TPSA) is 51.2 Å². The highest BCUT2D eigenvalue weighted by Crippen LogP contribution is 2.21. The maximum Gasteiger partial charge on any atom is 0.164 e. The van der Waals surface area contributed by atoms with Gasteiger partial charge in [-0.2, -0.15) is 0 Å². The molecule has 0 amide bonds. The van der Waals surface area contributed by atoms with Gasteiger partial charge >= 0.3 is 0 Å². The average Bonchev–Trinajstić information content (AvgIpc) is 2.66. The first-order valence-electron chi connectivity index (χ1n) is 10.7. The Hall–Kier alpha value is -1.77. The summed E-state index contributed by atoms with van der Waals surface area (Å²) in [5.41, 5.74) is 1.15. The van der Waals surface area contributed by atoms with E-state index in [0.717, 1.165) is 19.3 Å².